The van der Waals surface area contributed by atoms with Crippen molar-refractivity contribution in [3.05, 3.63) is 126 Å². The lowest BCUT2D eigenvalue weighted by molar-refractivity contribution is 0.0780. The molecule has 4 nitrogen and oxygen atoms in total. The van der Waals surface area contributed by atoms with Gasteiger partial charge in [0.05, 0.1) is 11.6 Å². The van der Waals surface area contributed by atoms with Gasteiger partial charge in [0.15, 0.2) is 17.5 Å². The van der Waals surface area contributed by atoms with Crippen LogP contribution in [0.1, 0.15) is 57.1 Å². The Bertz CT molecular complexity index is 2090. The zero-order valence-corrected chi connectivity index (χ0v) is 27.0. The molecule has 2 fully saturated rings. The number of rotatable bonds is 5. The highest BCUT2D eigenvalue weighted by Crippen LogP contribution is 2.54. The quantitative estimate of drug-likeness (QED) is 0.195. The van der Waals surface area contributed by atoms with Crippen LogP contribution in [0.3, 0.4) is 0 Å². The summed E-state index contributed by atoms with van der Waals surface area (Å²) in [7, 11) is 0. The summed E-state index contributed by atoms with van der Waals surface area (Å²) in [5, 5.41) is 11.7. The summed E-state index contributed by atoms with van der Waals surface area (Å²) < 4.78 is 0. The fourth-order valence-corrected chi connectivity index (χ4v) is 8.83. The molecule has 0 amide bonds. The average Bonchev–Trinajstić information content (AvgIpc) is 3.11. The van der Waals surface area contributed by atoms with Gasteiger partial charge in [-0.25, -0.2) is 15.0 Å². The topological polar surface area (TPSA) is 62.5 Å². The third-order valence-corrected chi connectivity index (χ3v) is 10.6. The van der Waals surface area contributed by atoms with Crippen molar-refractivity contribution < 1.29 is 0 Å². The monoisotopic (exact) mass is 610 g/mol. The maximum atomic E-state index is 9.63. The van der Waals surface area contributed by atoms with E-state index in [-0.39, 0.29) is 0 Å². The van der Waals surface area contributed by atoms with E-state index >= 15 is 0 Å². The number of hydrogen-bond acceptors (Lipinski definition) is 4. The van der Waals surface area contributed by atoms with Crippen LogP contribution in [0.15, 0.2) is 115 Å². The molecule has 0 spiro atoms. The number of aromatic nitrogens is 3. The zero-order valence-electron chi connectivity index (χ0n) is 27.0. The van der Waals surface area contributed by atoms with Crippen molar-refractivity contribution in [1.82, 2.24) is 15.0 Å². The second-order valence-electron chi connectivity index (χ2n) is 14.1. The minimum Gasteiger partial charge on any atom is -0.208 e. The number of fused-ring (bicyclic) bond motifs is 3. The van der Waals surface area contributed by atoms with E-state index in [2.05, 4.69) is 86.6 Å². The molecule has 0 N–H and O–H groups in total. The van der Waals surface area contributed by atoms with E-state index in [1.807, 2.05) is 48.5 Å². The highest BCUT2D eigenvalue weighted by molar-refractivity contribution is 5.99. The van der Waals surface area contributed by atoms with Gasteiger partial charge in [-0.1, -0.05) is 123 Å². The Labute approximate surface area is 277 Å². The molecule has 4 heteroatoms. The van der Waals surface area contributed by atoms with E-state index in [9.17, 15) is 5.26 Å². The van der Waals surface area contributed by atoms with E-state index in [4.69, 9.17) is 15.0 Å². The summed E-state index contributed by atoms with van der Waals surface area (Å²) in [4.78, 5) is 15.0. The highest BCUT2D eigenvalue weighted by atomic mass is 15.0. The van der Waals surface area contributed by atoms with Crippen molar-refractivity contribution in [1.29, 1.82) is 5.26 Å². The average molecular weight is 611 g/mol. The summed E-state index contributed by atoms with van der Waals surface area (Å²) in [5.74, 6) is 4.42. The predicted molar refractivity (Wildman–Crippen MR) is 190 cm³/mol. The number of benzene rings is 5. The smallest absolute Gasteiger partial charge is 0.164 e. The van der Waals surface area contributed by atoms with Gasteiger partial charge in [0.2, 0.25) is 0 Å². The van der Waals surface area contributed by atoms with Crippen molar-refractivity contribution in [2.45, 2.75) is 51.4 Å². The molecule has 230 valence electrons. The molecule has 0 aliphatic heterocycles. The highest BCUT2D eigenvalue weighted by Gasteiger charge is 2.45. The standard InChI is InChI=1S/C43H38N4/c1-28-22-30-23-29(2)25-43(24-28,26-30)36-19-16-34(17-20-36)42-46-40(32-8-4-3-5-9-32)45-41(47-42)33-14-12-31(13-15-33)38-21-18-35(27-44)37-10-6-7-11-39(37)38/h3-21,28-30H,22-26H2,1-2H3/t28-,29+,30?,43?. The van der Waals surface area contributed by atoms with Gasteiger partial charge >= 0.3 is 0 Å². The number of nitriles is 1. The Morgan fingerprint density at radius 2 is 1.06 bits per heavy atom. The van der Waals surface area contributed by atoms with Gasteiger partial charge in [0, 0.05) is 22.1 Å². The van der Waals surface area contributed by atoms with Crippen LogP contribution >= 0.6 is 0 Å². The molecule has 1 heterocycles. The van der Waals surface area contributed by atoms with E-state index in [0.717, 1.165) is 56.3 Å². The molecule has 2 saturated carbocycles. The maximum absolute atomic E-state index is 9.63. The van der Waals surface area contributed by atoms with E-state index < -0.39 is 0 Å². The van der Waals surface area contributed by atoms with Gasteiger partial charge in [-0.3, -0.25) is 0 Å². The summed E-state index contributed by atoms with van der Waals surface area (Å²) in [6.45, 7) is 4.89. The molecule has 1 aromatic heterocycles. The molecule has 5 aromatic carbocycles. The third-order valence-electron chi connectivity index (χ3n) is 10.6. The maximum Gasteiger partial charge on any atom is 0.164 e. The molecule has 0 radical (unpaired) electrons. The van der Waals surface area contributed by atoms with Crippen LogP contribution in [-0.2, 0) is 5.41 Å². The van der Waals surface area contributed by atoms with Gasteiger partial charge in [0.25, 0.3) is 0 Å². The van der Waals surface area contributed by atoms with Gasteiger partial charge in [-0.05, 0) is 83.4 Å². The van der Waals surface area contributed by atoms with Gasteiger partial charge in [-0.2, -0.15) is 5.26 Å². The molecule has 2 aliphatic carbocycles. The summed E-state index contributed by atoms with van der Waals surface area (Å²) in [5.41, 5.74) is 7.54. The van der Waals surface area contributed by atoms with Gasteiger partial charge in [-0.15, -0.1) is 0 Å². The van der Waals surface area contributed by atoms with Crippen LogP contribution in [0.4, 0.5) is 0 Å². The Balaban J connectivity index is 1.17. The molecular weight excluding hydrogens is 573 g/mol. The predicted octanol–water partition coefficient (Wildman–Crippen LogP) is 10.7. The lowest BCUT2D eigenvalue weighted by atomic mass is 9.54. The summed E-state index contributed by atoms with van der Waals surface area (Å²) in [6, 6.07) is 42.1. The second kappa shape index (κ2) is 11.9. The number of hydrogen-bond donors (Lipinski definition) is 0. The molecule has 4 atom stereocenters. The Morgan fingerprint density at radius 3 is 1.66 bits per heavy atom. The fraction of sp³-hybridized carbons (Fsp3) is 0.256. The molecule has 6 aromatic rings. The number of nitrogens with zero attached hydrogens (tertiary/aromatic N) is 4. The largest absolute Gasteiger partial charge is 0.208 e. The van der Waals surface area contributed by atoms with Crippen LogP contribution in [0, 0.1) is 29.1 Å². The summed E-state index contributed by atoms with van der Waals surface area (Å²) in [6.07, 6.45) is 6.66. The Morgan fingerprint density at radius 1 is 0.553 bits per heavy atom. The lowest BCUT2D eigenvalue weighted by Crippen LogP contribution is -2.42. The Kier molecular flexibility index (Phi) is 7.41. The molecule has 47 heavy (non-hydrogen) atoms. The SMILES string of the molecule is C[C@@H]1CC2C[C@H](C)CC(c3ccc(-c4nc(-c5ccccc5)nc(-c5ccc(-c6ccc(C#N)c7ccccc67)cc5)n4)cc3)(C2)C1. The van der Waals surface area contributed by atoms with Crippen LogP contribution in [0.2, 0.25) is 0 Å². The molecule has 2 unspecified atom stereocenters. The van der Waals surface area contributed by atoms with Crippen LogP contribution in [-0.4, -0.2) is 15.0 Å². The van der Waals surface area contributed by atoms with Crippen molar-refractivity contribution in [3.8, 4) is 51.4 Å². The minimum atomic E-state index is 0.292. The first-order valence-corrected chi connectivity index (χ1v) is 16.9. The fourth-order valence-electron chi connectivity index (χ4n) is 8.83. The summed E-state index contributed by atoms with van der Waals surface area (Å²) >= 11 is 0. The van der Waals surface area contributed by atoms with Crippen molar-refractivity contribution in [2.75, 3.05) is 0 Å². The molecule has 2 aliphatic rings. The first kappa shape index (κ1) is 29.3. The van der Waals surface area contributed by atoms with Crippen LogP contribution in [0.5, 0.6) is 0 Å². The van der Waals surface area contributed by atoms with Crippen molar-refractivity contribution in [2.24, 2.45) is 17.8 Å². The third kappa shape index (κ3) is 5.51. The van der Waals surface area contributed by atoms with E-state index in [1.54, 1.807) is 0 Å². The first-order chi connectivity index (χ1) is 23.0. The van der Waals surface area contributed by atoms with Gasteiger partial charge in [0.1, 0.15) is 0 Å². The first-order valence-electron chi connectivity index (χ1n) is 16.9. The van der Waals surface area contributed by atoms with E-state index in [0.29, 0.717) is 28.5 Å². The molecule has 8 rings (SSSR count). The Hall–Kier alpha value is -5.14. The lowest BCUT2D eigenvalue weighted by Gasteiger charge is -2.50. The van der Waals surface area contributed by atoms with Crippen LogP contribution in [0.25, 0.3) is 56.1 Å². The van der Waals surface area contributed by atoms with Crippen molar-refractivity contribution >= 4 is 10.8 Å². The minimum absolute atomic E-state index is 0.292. The molecule has 0 saturated heterocycles. The van der Waals surface area contributed by atoms with Gasteiger partial charge < -0.3 is 0 Å². The zero-order chi connectivity index (χ0) is 32.0. The normalized spacial score (nSPS) is 22.1. The van der Waals surface area contributed by atoms with E-state index in [1.165, 1.54) is 37.7 Å². The second-order valence-corrected chi connectivity index (χ2v) is 14.1. The molecule has 2 bridgehead atoms. The molecular formula is C43H38N4. The van der Waals surface area contributed by atoms with Crippen molar-refractivity contribution in [3.63, 3.8) is 0 Å². The van der Waals surface area contributed by atoms with Crippen LogP contribution < -0.4 is 0 Å².